The van der Waals surface area contributed by atoms with Crippen LogP contribution in [0.2, 0.25) is 0 Å². The highest BCUT2D eigenvalue weighted by atomic mass is 16.7. The van der Waals surface area contributed by atoms with Crippen molar-refractivity contribution in [2.24, 2.45) is 0 Å². The van der Waals surface area contributed by atoms with Crippen molar-refractivity contribution in [1.29, 1.82) is 0 Å². The molecule has 0 atom stereocenters. The summed E-state index contributed by atoms with van der Waals surface area (Å²) in [4.78, 5) is 4.84. The van der Waals surface area contributed by atoms with Crippen molar-refractivity contribution in [1.82, 2.24) is 5.06 Å². The predicted octanol–water partition coefficient (Wildman–Crippen LogP) is 1.91. The Morgan fingerprint density at radius 3 is 1.56 bits per heavy atom. The van der Waals surface area contributed by atoms with Gasteiger partial charge in [-0.25, -0.2) is 0 Å². The molecule has 58 valence electrons. The molecule has 0 aromatic carbocycles. The van der Waals surface area contributed by atoms with Crippen LogP contribution in [0.1, 0.15) is 27.7 Å². The molecule has 0 saturated heterocycles. The highest BCUT2D eigenvalue weighted by Crippen LogP contribution is 1.89. The topological polar surface area (TPSA) is 12.5 Å². The minimum absolute atomic E-state index is 0.477. The summed E-state index contributed by atoms with van der Waals surface area (Å²) < 4.78 is 0. The van der Waals surface area contributed by atoms with E-state index in [0.717, 1.165) is 0 Å². The Hall–Kier alpha value is -0.0800. The van der Waals surface area contributed by atoms with Gasteiger partial charge in [0.05, 0.1) is 7.11 Å². The Labute approximate surface area is 58.8 Å². The first kappa shape index (κ1) is 11.7. The molecule has 2 heteroatoms. The summed E-state index contributed by atoms with van der Waals surface area (Å²) in [6, 6.07) is 0.477. The fourth-order valence-electron chi connectivity index (χ4n) is 0.211. The van der Waals surface area contributed by atoms with Crippen molar-refractivity contribution >= 4 is 0 Å². The number of hydroxylamine groups is 2. The van der Waals surface area contributed by atoms with E-state index in [2.05, 4.69) is 13.8 Å². The van der Waals surface area contributed by atoms with Crippen molar-refractivity contribution in [3.8, 4) is 0 Å². The van der Waals surface area contributed by atoms with Gasteiger partial charge in [0.2, 0.25) is 0 Å². The van der Waals surface area contributed by atoms with Crippen LogP contribution < -0.4 is 0 Å². The third kappa shape index (κ3) is 7.92. The summed E-state index contributed by atoms with van der Waals surface area (Å²) in [5.41, 5.74) is 0. The first-order valence-electron chi connectivity index (χ1n) is 3.45. The van der Waals surface area contributed by atoms with Gasteiger partial charge in [0.1, 0.15) is 0 Å². The second kappa shape index (κ2) is 7.92. The average molecular weight is 133 g/mol. The lowest BCUT2D eigenvalue weighted by atomic mass is 10.4. The lowest BCUT2D eigenvalue weighted by molar-refractivity contribution is -0.131. The maximum Gasteiger partial charge on any atom is 0.0575 e. The van der Waals surface area contributed by atoms with Crippen LogP contribution in [0.15, 0.2) is 0 Å². The van der Waals surface area contributed by atoms with Gasteiger partial charge in [0.15, 0.2) is 0 Å². The van der Waals surface area contributed by atoms with Gasteiger partial charge in [-0.2, -0.15) is 5.06 Å². The van der Waals surface area contributed by atoms with E-state index in [0.29, 0.717) is 6.04 Å². The van der Waals surface area contributed by atoms with Gasteiger partial charge in [-0.15, -0.1) is 0 Å². The van der Waals surface area contributed by atoms with Crippen molar-refractivity contribution in [3.05, 3.63) is 0 Å². The van der Waals surface area contributed by atoms with Crippen LogP contribution in [0.4, 0.5) is 0 Å². The van der Waals surface area contributed by atoms with Gasteiger partial charge in [0, 0.05) is 13.1 Å². The zero-order chi connectivity index (χ0) is 7.86. The highest BCUT2D eigenvalue weighted by molar-refractivity contribution is 4.41. The molecule has 0 radical (unpaired) electrons. The van der Waals surface area contributed by atoms with Crippen LogP contribution in [0.25, 0.3) is 0 Å². The third-order valence-corrected chi connectivity index (χ3v) is 1.02. The number of nitrogens with zero attached hydrogens (tertiary/aromatic N) is 1. The average Bonchev–Trinajstić information content (AvgIpc) is 1.91. The van der Waals surface area contributed by atoms with Gasteiger partial charge in [0.25, 0.3) is 0 Å². The largest absolute Gasteiger partial charge is 0.302 e. The van der Waals surface area contributed by atoms with Crippen molar-refractivity contribution in [2.45, 2.75) is 33.7 Å². The van der Waals surface area contributed by atoms with Gasteiger partial charge in [-0.3, -0.25) is 0 Å². The second-order valence-electron chi connectivity index (χ2n) is 1.82. The van der Waals surface area contributed by atoms with E-state index in [9.17, 15) is 0 Å². The van der Waals surface area contributed by atoms with Crippen LogP contribution in [0.5, 0.6) is 0 Å². The first-order valence-corrected chi connectivity index (χ1v) is 3.45. The Bertz CT molecular complexity index is 46.2. The van der Waals surface area contributed by atoms with Crippen molar-refractivity contribution in [2.75, 3.05) is 14.2 Å². The molecule has 0 saturated carbocycles. The van der Waals surface area contributed by atoms with Crippen LogP contribution in [0.3, 0.4) is 0 Å². The highest BCUT2D eigenvalue weighted by Gasteiger charge is 1.97. The van der Waals surface area contributed by atoms with Crippen LogP contribution in [0, 0.1) is 0 Å². The molecule has 0 aromatic rings. The molecule has 0 N–H and O–H groups in total. The molecule has 0 aromatic heterocycles. The molecule has 0 bridgehead atoms. The minimum atomic E-state index is 0.477. The van der Waals surface area contributed by atoms with E-state index >= 15 is 0 Å². The van der Waals surface area contributed by atoms with Gasteiger partial charge >= 0.3 is 0 Å². The van der Waals surface area contributed by atoms with Crippen LogP contribution in [-0.2, 0) is 4.84 Å². The zero-order valence-electron chi connectivity index (χ0n) is 7.43. The van der Waals surface area contributed by atoms with E-state index in [1.807, 2.05) is 20.9 Å². The lowest BCUT2D eigenvalue weighted by Crippen LogP contribution is -2.24. The Morgan fingerprint density at radius 2 is 1.56 bits per heavy atom. The molecule has 0 spiro atoms. The Balaban J connectivity index is 0. The molecular weight excluding hydrogens is 114 g/mol. The summed E-state index contributed by atoms with van der Waals surface area (Å²) in [5, 5.41) is 1.79. The second-order valence-corrected chi connectivity index (χ2v) is 1.82. The predicted molar refractivity (Wildman–Crippen MR) is 41.3 cm³/mol. The maximum atomic E-state index is 4.84. The normalized spacial score (nSPS) is 9.33. The van der Waals surface area contributed by atoms with Gasteiger partial charge < -0.3 is 4.84 Å². The smallest absolute Gasteiger partial charge is 0.0575 e. The zero-order valence-corrected chi connectivity index (χ0v) is 7.43. The molecule has 9 heavy (non-hydrogen) atoms. The van der Waals surface area contributed by atoms with Crippen molar-refractivity contribution < 1.29 is 4.84 Å². The summed E-state index contributed by atoms with van der Waals surface area (Å²) in [6.45, 7) is 8.15. The molecule has 0 aliphatic carbocycles. The SMILES string of the molecule is CC.CON(C)C(C)C. The standard InChI is InChI=1S/C5H13NO.C2H6/c1-5(2)6(3)7-4;1-2/h5H,1-4H3;1-2H3. The van der Waals surface area contributed by atoms with E-state index < -0.39 is 0 Å². The number of rotatable bonds is 2. The molecular formula is C7H19NO. The minimum Gasteiger partial charge on any atom is -0.302 e. The van der Waals surface area contributed by atoms with Gasteiger partial charge in [-0.1, -0.05) is 13.8 Å². The molecule has 0 fully saturated rings. The molecule has 0 heterocycles. The number of hydrogen-bond acceptors (Lipinski definition) is 2. The number of hydrogen-bond donors (Lipinski definition) is 0. The third-order valence-electron chi connectivity index (χ3n) is 1.02. The molecule has 0 aliphatic heterocycles. The quantitative estimate of drug-likeness (QED) is 0.533. The first-order chi connectivity index (χ1) is 4.18. The molecule has 0 amide bonds. The van der Waals surface area contributed by atoms with Gasteiger partial charge in [-0.05, 0) is 13.8 Å². The fraction of sp³-hybridized carbons (Fsp3) is 1.00. The van der Waals surface area contributed by atoms with Crippen LogP contribution >= 0.6 is 0 Å². The summed E-state index contributed by atoms with van der Waals surface area (Å²) in [6.07, 6.45) is 0. The Kier molecular flexibility index (Phi) is 10.3. The van der Waals surface area contributed by atoms with E-state index in [1.54, 1.807) is 12.2 Å². The van der Waals surface area contributed by atoms with E-state index in [1.165, 1.54) is 0 Å². The Morgan fingerprint density at radius 1 is 1.22 bits per heavy atom. The fourth-order valence-corrected chi connectivity index (χ4v) is 0.211. The molecule has 0 rings (SSSR count). The monoisotopic (exact) mass is 133 g/mol. The lowest BCUT2D eigenvalue weighted by Gasteiger charge is -2.16. The maximum absolute atomic E-state index is 4.84. The van der Waals surface area contributed by atoms with E-state index in [-0.39, 0.29) is 0 Å². The van der Waals surface area contributed by atoms with E-state index in [4.69, 9.17) is 4.84 Å². The molecule has 2 nitrogen and oxygen atoms in total. The summed E-state index contributed by atoms with van der Waals surface area (Å²) in [5.74, 6) is 0. The van der Waals surface area contributed by atoms with Crippen molar-refractivity contribution in [3.63, 3.8) is 0 Å². The molecule has 0 unspecified atom stereocenters. The summed E-state index contributed by atoms with van der Waals surface area (Å²) in [7, 11) is 3.57. The van der Waals surface area contributed by atoms with Crippen LogP contribution in [-0.4, -0.2) is 25.3 Å². The molecule has 0 aliphatic rings. The summed E-state index contributed by atoms with van der Waals surface area (Å²) >= 11 is 0.